The van der Waals surface area contributed by atoms with Crippen LogP contribution in [0.1, 0.15) is 27.9 Å². The molecule has 3 heterocycles. The standard InChI is InChI=1S/C24H25N5O2/c1-15-6-5-7-18-21(12-25-23(15)18)20(24(31)26-14-30)11-19-16(2)27-29-9-8-17(10-22(19)29)13-28(3)4/h5-12,14,25H,13H2,1-4H3,(H,26,30,31)/b20-11+. The third kappa shape index (κ3) is 3.87. The van der Waals surface area contributed by atoms with Crippen molar-refractivity contribution < 1.29 is 9.59 Å². The number of hydrogen-bond donors (Lipinski definition) is 2. The van der Waals surface area contributed by atoms with Gasteiger partial charge in [0.25, 0.3) is 5.91 Å². The number of nitrogens with one attached hydrogen (secondary N) is 2. The van der Waals surface area contributed by atoms with Crippen molar-refractivity contribution in [1.82, 2.24) is 24.8 Å². The van der Waals surface area contributed by atoms with E-state index in [4.69, 9.17) is 0 Å². The number of aromatic nitrogens is 3. The molecule has 1 aromatic carbocycles. The molecule has 0 aliphatic rings. The number of fused-ring (bicyclic) bond motifs is 2. The van der Waals surface area contributed by atoms with Crippen LogP contribution < -0.4 is 5.32 Å². The number of rotatable bonds is 6. The summed E-state index contributed by atoms with van der Waals surface area (Å²) in [4.78, 5) is 29.3. The van der Waals surface area contributed by atoms with Crippen LogP contribution in [0.4, 0.5) is 0 Å². The fourth-order valence-corrected chi connectivity index (χ4v) is 3.94. The summed E-state index contributed by atoms with van der Waals surface area (Å²) in [5.74, 6) is -0.458. The Balaban J connectivity index is 1.93. The maximum absolute atomic E-state index is 12.9. The minimum absolute atomic E-state index is 0.403. The molecule has 3 aromatic heterocycles. The Bertz CT molecular complexity index is 1330. The van der Waals surface area contributed by atoms with Crippen LogP contribution in [0.2, 0.25) is 0 Å². The van der Waals surface area contributed by atoms with Crippen LogP contribution in [0.25, 0.3) is 28.1 Å². The molecule has 0 fully saturated rings. The van der Waals surface area contributed by atoms with Crippen LogP contribution in [-0.4, -0.2) is 45.9 Å². The minimum Gasteiger partial charge on any atom is -0.360 e. The van der Waals surface area contributed by atoms with Gasteiger partial charge in [0.05, 0.1) is 11.2 Å². The number of hydrogen-bond acceptors (Lipinski definition) is 4. The highest BCUT2D eigenvalue weighted by atomic mass is 16.2. The van der Waals surface area contributed by atoms with Crippen LogP contribution >= 0.6 is 0 Å². The molecule has 2 amide bonds. The third-order valence-corrected chi connectivity index (χ3v) is 5.36. The number of nitrogens with zero attached hydrogens (tertiary/aromatic N) is 3. The molecule has 0 unspecified atom stereocenters. The summed E-state index contributed by atoms with van der Waals surface area (Å²) in [6, 6.07) is 10.1. The maximum atomic E-state index is 12.9. The van der Waals surface area contributed by atoms with Gasteiger partial charge in [0, 0.05) is 46.5 Å². The molecular weight excluding hydrogens is 390 g/mol. The van der Waals surface area contributed by atoms with Gasteiger partial charge in [-0.3, -0.25) is 14.9 Å². The van der Waals surface area contributed by atoms with Gasteiger partial charge in [-0.05, 0) is 57.3 Å². The van der Waals surface area contributed by atoms with E-state index in [2.05, 4.69) is 26.4 Å². The Hall–Kier alpha value is -3.71. The number of imide groups is 1. The number of pyridine rings is 1. The van der Waals surface area contributed by atoms with Gasteiger partial charge in [-0.15, -0.1) is 0 Å². The molecule has 0 spiro atoms. The highest BCUT2D eigenvalue weighted by molar-refractivity contribution is 6.29. The van der Waals surface area contributed by atoms with Crippen LogP contribution in [0.5, 0.6) is 0 Å². The summed E-state index contributed by atoms with van der Waals surface area (Å²) in [7, 11) is 4.04. The van der Waals surface area contributed by atoms with Gasteiger partial charge in [-0.2, -0.15) is 5.10 Å². The maximum Gasteiger partial charge on any atom is 0.258 e. The van der Waals surface area contributed by atoms with Crippen molar-refractivity contribution >= 4 is 40.4 Å². The Morgan fingerprint density at radius 2 is 2.06 bits per heavy atom. The number of benzene rings is 1. The number of amides is 2. The van der Waals surface area contributed by atoms with E-state index in [9.17, 15) is 9.59 Å². The zero-order chi connectivity index (χ0) is 22.1. The molecule has 4 aromatic rings. The summed E-state index contributed by atoms with van der Waals surface area (Å²) in [6.07, 6.45) is 5.97. The van der Waals surface area contributed by atoms with Gasteiger partial charge in [-0.25, -0.2) is 4.52 Å². The van der Waals surface area contributed by atoms with E-state index in [-0.39, 0.29) is 0 Å². The smallest absolute Gasteiger partial charge is 0.258 e. The predicted octanol–water partition coefficient (Wildman–Crippen LogP) is 3.31. The first-order valence-electron chi connectivity index (χ1n) is 10.0. The minimum atomic E-state index is -0.458. The van der Waals surface area contributed by atoms with E-state index >= 15 is 0 Å². The number of carbonyl (C=O) groups excluding carboxylic acids is 2. The summed E-state index contributed by atoms with van der Waals surface area (Å²) < 4.78 is 1.81. The van der Waals surface area contributed by atoms with E-state index in [0.717, 1.165) is 50.9 Å². The van der Waals surface area contributed by atoms with Crippen molar-refractivity contribution in [3.63, 3.8) is 0 Å². The fourth-order valence-electron chi connectivity index (χ4n) is 3.94. The Kier molecular flexibility index (Phi) is 5.44. The molecule has 0 aliphatic heterocycles. The topological polar surface area (TPSA) is 82.5 Å². The van der Waals surface area contributed by atoms with Crippen molar-refractivity contribution in [3.8, 4) is 0 Å². The van der Waals surface area contributed by atoms with Crippen molar-refractivity contribution in [2.24, 2.45) is 0 Å². The molecule has 0 radical (unpaired) electrons. The quantitative estimate of drug-likeness (QED) is 0.374. The number of H-pyrrole nitrogens is 1. The number of aromatic amines is 1. The molecule has 0 atom stereocenters. The lowest BCUT2D eigenvalue weighted by Gasteiger charge is -2.10. The lowest BCUT2D eigenvalue weighted by atomic mass is 9.99. The summed E-state index contributed by atoms with van der Waals surface area (Å²) in [5.41, 5.74) is 6.89. The largest absolute Gasteiger partial charge is 0.360 e. The molecule has 0 saturated carbocycles. The average molecular weight is 415 g/mol. The van der Waals surface area contributed by atoms with Crippen molar-refractivity contribution in [3.05, 3.63) is 70.7 Å². The van der Waals surface area contributed by atoms with Crippen molar-refractivity contribution in [2.75, 3.05) is 14.1 Å². The summed E-state index contributed by atoms with van der Waals surface area (Å²) in [6.45, 7) is 4.72. The summed E-state index contributed by atoms with van der Waals surface area (Å²) >= 11 is 0. The van der Waals surface area contributed by atoms with Gasteiger partial charge >= 0.3 is 0 Å². The lowest BCUT2D eigenvalue weighted by Crippen LogP contribution is -2.22. The normalized spacial score (nSPS) is 12.1. The van der Waals surface area contributed by atoms with Gasteiger partial charge < -0.3 is 9.88 Å². The monoisotopic (exact) mass is 415 g/mol. The number of carbonyl (C=O) groups is 2. The van der Waals surface area contributed by atoms with Crippen LogP contribution in [0.3, 0.4) is 0 Å². The molecule has 0 aliphatic carbocycles. The van der Waals surface area contributed by atoms with Gasteiger partial charge in [-0.1, -0.05) is 18.2 Å². The number of aryl methyl sites for hydroxylation is 2. The molecule has 158 valence electrons. The van der Waals surface area contributed by atoms with Gasteiger partial charge in [0.15, 0.2) is 0 Å². The van der Waals surface area contributed by atoms with Gasteiger partial charge in [0.2, 0.25) is 6.41 Å². The molecule has 31 heavy (non-hydrogen) atoms. The zero-order valence-electron chi connectivity index (χ0n) is 18.1. The first-order chi connectivity index (χ1) is 14.9. The van der Waals surface area contributed by atoms with E-state index < -0.39 is 5.91 Å². The predicted molar refractivity (Wildman–Crippen MR) is 122 cm³/mol. The number of para-hydroxylation sites is 1. The first kappa shape index (κ1) is 20.6. The Labute approximate surface area is 180 Å². The van der Waals surface area contributed by atoms with E-state index in [1.807, 2.05) is 75.2 Å². The zero-order valence-corrected chi connectivity index (χ0v) is 18.1. The third-order valence-electron chi connectivity index (χ3n) is 5.36. The van der Waals surface area contributed by atoms with Gasteiger partial charge in [0.1, 0.15) is 0 Å². The fraction of sp³-hybridized carbons (Fsp3) is 0.208. The van der Waals surface area contributed by atoms with E-state index in [1.165, 1.54) is 0 Å². The molecule has 4 rings (SSSR count). The first-order valence-corrected chi connectivity index (χ1v) is 10.0. The highest BCUT2D eigenvalue weighted by Gasteiger charge is 2.19. The highest BCUT2D eigenvalue weighted by Crippen LogP contribution is 2.30. The van der Waals surface area contributed by atoms with Crippen LogP contribution in [0, 0.1) is 13.8 Å². The molecule has 0 bridgehead atoms. The molecule has 7 nitrogen and oxygen atoms in total. The van der Waals surface area contributed by atoms with E-state index in [1.54, 1.807) is 0 Å². The van der Waals surface area contributed by atoms with Crippen molar-refractivity contribution in [1.29, 1.82) is 0 Å². The van der Waals surface area contributed by atoms with Crippen LogP contribution in [0.15, 0.2) is 42.7 Å². The van der Waals surface area contributed by atoms with Crippen LogP contribution in [-0.2, 0) is 16.1 Å². The summed E-state index contributed by atoms with van der Waals surface area (Å²) in [5, 5.41) is 7.82. The second kappa shape index (κ2) is 8.20. The Morgan fingerprint density at radius 3 is 2.81 bits per heavy atom. The van der Waals surface area contributed by atoms with E-state index in [0.29, 0.717) is 12.0 Å². The SMILES string of the molecule is Cc1nn2ccc(CN(C)C)cc2c1/C=C(/C(=O)NC=O)c1c[nH]c2c(C)cccc12. The Morgan fingerprint density at radius 1 is 1.26 bits per heavy atom. The lowest BCUT2D eigenvalue weighted by molar-refractivity contribution is -0.121. The van der Waals surface area contributed by atoms with Crippen molar-refractivity contribution in [2.45, 2.75) is 20.4 Å². The second-order valence-corrected chi connectivity index (χ2v) is 7.95. The second-order valence-electron chi connectivity index (χ2n) is 7.95. The molecule has 0 saturated heterocycles. The molecule has 7 heteroatoms. The molecule has 2 N–H and O–H groups in total. The molecular formula is C24H25N5O2. The average Bonchev–Trinajstić information content (AvgIpc) is 3.27.